The first-order chi connectivity index (χ1) is 16.3. The van der Waals surface area contributed by atoms with Crippen LogP contribution < -0.4 is 0 Å². The molecule has 1 aromatic heterocycles. The van der Waals surface area contributed by atoms with Gasteiger partial charge in [-0.25, -0.2) is 4.99 Å². The predicted molar refractivity (Wildman–Crippen MR) is 133 cm³/mol. The minimum atomic E-state index is -0.569. The number of nitriles is 1. The standard InChI is InChI=1S/C26H18BrN3O4/c1-15-3-7-17(8-4-15)23-21(13-28)26(34-25(23)18-9-5-16(2)6-10-18)29-14-19-11-20(30(32)33)12-22(27)24(19)31/h3-12,14,31H,1-2H3. The Morgan fingerprint density at radius 1 is 1.06 bits per heavy atom. The van der Waals surface area contributed by atoms with Crippen LogP contribution in [-0.2, 0) is 0 Å². The average molecular weight is 516 g/mol. The van der Waals surface area contributed by atoms with E-state index in [9.17, 15) is 20.5 Å². The summed E-state index contributed by atoms with van der Waals surface area (Å²) >= 11 is 3.12. The minimum Gasteiger partial charge on any atom is -0.506 e. The number of rotatable bonds is 5. The smallest absolute Gasteiger partial charge is 0.271 e. The number of aryl methyl sites for hydroxylation is 2. The van der Waals surface area contributed by atoms with Crippen LogP contribution in [0.4, 0.5) is 11.6 Å². The normalized spacial score (nSPS) is 11.0. The number of hydrogen-bond donors (Lipinski definition) is 1. The van der Waals surface area contributed by atoms with E-state index in [1.54, 1.807) is 0 Å². The van der Waals surface area contributed by atoms with Crippen LogP contribution in [0, 0.1) is 35.3 Å². The Balaban J connectivity index is 1.90. The third kappa shape index (κ3) is 4.47. The van der Waals surface area contributed by atoms with Crippen molar-refractivity contribution < 1.29 is 14.4 Å². The quantitative estimate of drug-likeness (QED) is 0.171. The monoisotopic (exact) mass is 515 g/mol. The first kappa shape index (κ1) is 23.0. The number of nitro benzene ring substituents is 1. The van der Waals surface area contributed by atoms with Crippen molar-refractivity contribution in [3.05, 3.63) is 97.5 Å². The highest BCUT2D eigenvalue weighted by Gasteiger charge is 2.23. The van der Waals surface area contributed by atoms with E-state index in [4.69, 9.17) is 4.42 Å². The number of aromatic hydroxyl groups is 1. The van der Waals surface area contributed by atoms with Gasteiger partial charge in [0, 0.05) is 35.0 Å². The lowest BCUT2D eigenvalue weighted by Gasteiger charge is -2.05. The lowest BCUT2D eigenvalue weighted by molar-refractivity contribution is -0.385. The van der Waals surface area contributed by atoms with E-state index in [1.165, 1.54) is 18.3 Å². The van der Waals surface area contributed by atoms with Crippen molar-refractivity contribution >= 4 is 33.7 Å². The number of non-ortho nitro benzene ring substituents is 1. The summed E-state index contributed by atoms with van der Waals surface area (Å²) in [6, 6.07) is 20.0. The SMILES string of the molecule is Cc1ccc(-c2oc(N=Cc3cc([N+](=O)[O-])cc(Br)c3O)c(C#N)c2-c2ccc(C)cc2)cc1. The van der Waals surface area contributed by atoms with E-state index in [2.05, 4.69) is 27.0 Å². The van der Waals surface area contributed by atoms with Crippen molar-refractivity contribution in [1.29, 1.82) is 5.26 Å². The summed E-state index contributed by atoms with van der Waals surface area (Å²) in [5.74, 6) is 0.310. The van der Waals surface area contributed by atoms with Crippen LogP contribution in [0.25, 0.3) is 22.5 Å². The molecule has 0 atom stereocenters. The molecule has 0 bridgehead atoms. The van der Waals surface area contributed by atoms with E-state index in [1.807, 2.05) is 62.4 Å². The highest BCUT2D eigenvalue weighted by atomic mass is 79.9. The fourth-order valence-corrected chi connectivity index (χ4v) is 3.92. The van der Waals surface area contributed by atoms with Crippen LogP contribution in [0.1, 0.15) is 22.3 Å². The minimum absolute atomic E-state index is 0.0377. The van der Waals surface area contributed by atoms with Crippen LogP contribution >= 0.6 is 15.9 Å². The van der Waals surface area contributed by atoms with Gasteiger partial charge in [0.05, 0.1) is 9.40 Å². The fraction of sp³-hybridized carbons (Fsp3) is 0.0769. The molecule has 0 aliphatic carbocycles. The fourth-order valence-electron chi connectivity index (χ4n) is 3.46. The number of nitro groups is 1. The van der Waals surface area contributed by atoms with Gasteiger partial charge in [-0.15, -0.1) is 0 Å². The summed E-state index contributed by atoms with van der Waals surface area (Å²) in [7, 11) is 0. The molecule has 0 aliphatic rings. The number of phenols is 1. The van der Waals surface area contributed by atoms with Gasteiger partial charge < -0.3 is 9.52 Å². The lowest BCUT2D eigenvalue weighted by atomic mass is 9.97. The second-order valence-electron chi connectivity index (χ2n) is 7.71. The van der Waals surface area contributed by atoms with Gasteiger partial charge in [0.1, 0.15) is 23.1 Å². The predicted octanol–water partition coefficient (Wildman–Crippen LogP) is 7.23. The molecule has 3 aromatic carbocycles. The van der Waals surface area contributed by atoms with E-state index >= 15 is 0 Å². The molecule has 4 rings (SSSR count). The number of phenolic OH excluding ortho intramolecular Hbond substituents is 1. The summed E-state index contributed by atoms with van der Waals surface area (Å²) in [4.78, 5) is 14.9. The van der Waals surface area contributed by atoms with Crippen LogP contribution in [0.3, 0.4) is 0 Å². The third-order valence-corrected chi connectivity index (χ3v) is 5.87. The van der Waals surface area contributed by atoms with Gasteiger partial charge in [-0.3, -0.25) is 10.1 Å². The molecule has 1 N–H and O–H groups in total. The highest BCUT2D eigenvalue weighted by molar-refractivity contribution is 9.10. The molecule has 0 amide bonds. The molecule has 34 heavy (non-hydrogen) atoms. The second kappa shape index (κ2) is 9.33. The van der Waals surface area contributed by atoms with E-state index in [0.29, 0.717) is 11.3 Å². The van der Waals surface area contributed by atoms with Crippen molar-refractivity contribution in [1.82, 2.24) is 0 Å². The van der Waals surface area contributed by atoms with Crippen molar-refractivity contribution in [2.45, 2.75) is 13.8 Å². The Morgan fingerprint density at radius 3 is 2.21 bits per heavy atom. The molecule has 0 radical (unpaired) electrons. The molecule has 0 saturated carbocycles. The molecule has 0 saturated heterocycles. The molecule has 0 aliphatic heterocycles. The molecule has 1 heterocycles. The van der Waals surface area contributed by atoms with Crippen LogP contribution in [0.15, 0.2) is 74.5 Å². The molecule has 0 unspecified atom stereocenters. The number of nitrogens with zero attached hydrogens (tertiary/aromatic N) is 3. The lowest BCUT2D eigenvalue weighted by Crippen LogP contribution is -1.91. The maximum Gasteiger partial charge on any atom is 0.271 e. The molecular weight excluding hydrogens is 498 g/mol. The van der Waals surface area contributed by atoms with Crippen LogP contribution in [0.2, 0.25) is 0 Å². The molecule has 0 spiro atoms. The number of halogens is 1. The van der Waals surface area contributed by atoms with Crippen molar-refractivity contribution in [2.75, 3.05) is 0 Å². The highest BCUT2D eigenvalue weighted by Crippen LogP contribution is 2.43. The number of furan rings is 1. The Labute approximate surface area is 203 Å². The topological polar surface area (TPSA) is 113 Å². The van der Waals surface area contributed by atoms with Crippen LogP contribution in [-0.4, -0.2) is 16.2 Å². The van der Waals surface area contributed by atoms with Gasteiger partial charge in [-0.2, -0.15) is 5.26 Å². The van der Waals surface area contributed by atoms with Crippen molar-refractivity contribution in [3.8, 4) is 34.3 Å². The Hall–Kier alpha value is -4.22. The molecule has 7 nitrogen and oxygen atoms in total. The maximum atomic E-state index is 11.2. The maximum absolute atomic E-state index is 11.2. The summed E-state index contributed by atoms with van der Waals surface area (Å²) < 4.78 is 6.23. The Kier molecular flexibility index (Phi) is 6.30. The zero-order valence-electron chi connectivity index (χ0n) is 18.2. The summed E-state index contributed by atoms with van der Waals surface area (Å²) in [5.41, 5.74) is 4.44. The van der Waals surface area contributed by atoms with Gasteiger partial charge in [0.25, 0.3) is 5.69 Å². The largest absolute Gasteiger partial charge is 0.506 e. The molecule has 8 heteroatoms. The molecule has 0 fully saturated rings. The van der Waals surface area contributed by atoms with Gasteiger partial charge in [0.2, 0.25) is 5.88 Å². The van der Waals surface area contributed by atoms with Gasteiger partial charge in [0.15, 0.2) is 0 Å². The van der Waals surface area contributed by atoms with E-state index < -0.39 is 4.92 Å². The van der Waals surface area contributed by atoms with Crippen LogP contribution in [0.5, 0.6) is 5.75 Å². The molecular formula is C26H18BrN3O4. The Morgan fingerprint density at radius 2 is 1.65 bits per heavy atom. The summed E-state index contributed by atoms with van der Waals surface area (Å²) in [6.45, 7) is 3.96. The van der Waals surface area contributed by atoms with E-state index in [-0.39, 0.29) is 32.9 Å². The summed E-state index contributed by atoms with van der Waals surface area (Å²) in [6.07, 6.45) is 1.24. The second-order valence-corrected chi connectivity index (χ2v) is 8.57. The zero-order valence-corrected chi connectivity index (χ0v) is 19.8. The van der Waals surface area contributed by atoms with Gasteiger partial charge in [-0.05, 0) is 35.3 Å². The molecule has 168 valence electrons. The average Bonchev–Trinajstić information content (AvgIpc) is 3.19. The zero-order chi connectivity index (χ0) is 24.4. The number of aliphatic imine (C=N–C) groups is 1. The van der Waals surface area contributed by atoms with Gasteiger partial charge in [-0.1, -0.05) is 59.7 Å². The van der Waals surface area contributed by atoms with Gasteiger partial charge >= 0.3 is 0 Å². The Bertz CT molecular complexity index is 1460. The molecule has 4 aromatic rings. The van der Waals surface area contributed by atoms with E-state index in [0.717, 1.165) is 22.3 Å². The van der Waals surface area contributed by atoms with Crippen molar-refractivity contribution in [2.24, 2.45) is 4.99 Å². The van der Waals surface area contributed by atoms with Crippen molar-refractivity contribution in [3.63, 3.8) is 0 Å². The first-order valence-electron chi connectivity index (χ1n) is 10.2. The number of benzene rings is 3. The summed E-state index contributed by atoms with van der Waals surface area (Å²) in [5, 5.41) is 31.5. The number of hydrogen-bond acceptors (Lipinski definition) is 6. The first-order valence-corrected chi connectivity index (χ1v) is 11.0. The third-order valence-electron chi connectivity index (χ3n) is 5.26.